The second-order valence-corrected chi connectivity index (χ2v) is 10.7. The Morgan fingerprint density at radius 1 is 0.886 bits per heavy atom. The Morgan fingerprint density at radius 2 is 1.57 bits per heavy atom. The first-order valence-electron chi connectivity index (χ1n) is 12.8. The molecule has 35 heavy (non-hydrogen) atoms. The average molecular weight is 471 g/mol. The number of ketones is 1. The van der Waals surface area contributed by atoms with Crippen molar-refractivity contribution in [3.63, 3.8) is 0 Å². The summed E-state index contributed by atoms with van der Waals surface area (Å²) in [7, 11) is 0. The Morgan fingerprint density at radius 3 is 2.29 bits per heavy atom. The average Bonchev–Trinajstić information content (AvgIpc) is 3.40. The fraction of sp³-hybridized carbons (Fsp3) is 0.387. The topological polar surface area (TPSA) is 46.5 Å². The van der Waals surface area contributed by atoms with Crippen LogP contribution in [0.25, 0.3) is 0 Å². The fourth-order valence-electron chi connectivity index (χ4n) is 6.91. The first-order chi connectivity index (χ1) is 17.0. The van der Waals surface area contributed by atoms with Crippen molar-refractivity contribution in [2.75, 3.05) is 6.61 Å². The first kappa shape index (κ1) is 22.3. The molecule has 0 heterocycles. The normalized spacial score (nSPS) is 27.5. The van der Waals surface area contributed by atoms with Gasteiger partial charge in [0.05, 0.1) is 6.61 Å². The fourth-order valence-corrected chi connectivity index (χ4v) is 6.91. The molecular formula is C31H31FO3. The van der Waals surface area contributed by atoms with Crippen molar-refractivity contribution in [3.8, 4) is 11.5 Å². The third-order valence-electron chi connectivity index (χ3n) is 8.53. The molecule has 0 spiro atoms. The Hall–Kier alpha value is -3.14. The van der Waals surface area contributed by atoms with Gasteiger partial charge in [-0.1, -0.05) is 30.3 Å². The van der Waals surface area contributed by atoms with Crippen LogP contribution < -0.4 is 4.74 Å². The van der Waals surface area contributed by atoms with Crippen LogP contribution in [0.4, 0.5) is 4.39 Å². The van der Waals surface area contributed by atoms with E-state index in [4.69, 9.17) is 4.74 Å². The molecule has 4 atom stereocenters. The smallest absolute Gasteiger partial charge is 0.133 e. The van der Waals surface area contributed by atoms with E-state index in [0.717, 1.165) is 49.8 Å². The second-order valence-electron chi connectivity index (χ2n) is 10.7. The standard InChI is InChI=1S/C31H31FO3/c32-25-6-1-20(2-7-25)29-11-5-22-15-26(33)8-12-30(22)31(29)21-3-9-28(10-4-21)35-18-19-13-23-16-27(34)17-24(23)14-19/h1-4,6-10,12,15,19,23-24,29,31,33H,5,11,13-14,16-18H2/t19?,23?,24?,29?,31-/m0/s1. The zero-order chi connectivity index (χ0) is 23.9. The number of aryl methyl sites for hydroxylation is 1. The number of phenols is 1. The Labute approximate surface area is 206 Å². The molecule has 3 aliphatic carbocycles. The van der Waals surface area contributed by atoms with Gasteiger partial charge in [0.15, 0.2) is 0 Å². The van der Waals surface area contributed by atoms with Crippen LogP contribution in [0.1, 0.15) is 66.2 Å². The van der Waals surface area contributed by atoms with Crippen LogP contribution in [0.5, 0.6) is 11.5 Å². The number of hydrogen-bond acceptors (Lipinski definition) is 3. The van der Waals surface area contributed by atoms with E-state index >= 15 is 0 Å². The van der Waals surface area contributed by atoms with E-state index in [2.05, 4.69) is 24.3 Å². The van der Waals surface area contributed by atoms with E-state index in [9.17, 15) is 14.3 Å². The molecule has 3 aromatic rings. The van der Waals surface area contributed by atoms with Crippen LogP contribution in [0.2, 0.25) is 0 Å². The molecule has 3 aliphatic rings. The molecule has 6 rings (SSSR count). The first-order valence-corrected chi connectivity index (χ1v) is 12.8. The van der Waals surface area contributed by atoms with Crippen molar-refractivity contribution in [2.45, 2.75) is 50.4 Å². The number of carbonyl (C=O) groups excluding carboxylic acids is 1. The molecule has 3 aromatic carbocycles. The van der Waals surface area contributed by atoms with Gasteiger partial charge in [0.1, 0.15) is 23.1 Å². The number of halogens is 1. The van der Waals surface area contributed by atoms with Gasteiger partial charge in [0.25, 0.3) is 0 Å². The lowest BCUT2D eigenvalue weighted by molar-refractivity contribution is -0.117. The lowest BCUT2D eigenvalue weighted by Gasteiger charge is -2.35. The van der Waals surface area contributed by atoms with Gasteiger partial charge in [-0.05, 0) is 108 Å². The number of phenolic OH excluding ortho intramolecular Hbond substituents is 1. The van der Waals surface area contributed by atoms with Crippen molar-refractivity contribution in [3.05, 3.63) is 94.8 Å². The van der Waals surface area contributed by atoms with Crippen LogP contribution in [0.15, 0.2) is 66.7 Å². The Balaban J connectivity index is 1.21. The van der Waals surface area contributed by atoms with E-state index in [1.165, 1.54) is 16.7 Å². The number of aromatic hydroxyl groups is 1. The Bertz CT molecular complexity index is 1200. The maximum absolute atomic E-state index is 13.6. The van der Waals surface area contributed by atoms with Crippen molar-refractivity contribution < 1.29 is 19.0 Å². The number of carbonyl (C=O) groups is 1. The zero-order valence-corrected chi connectivity index (χ0v) is 19.8. The van der Waals surface area contributed by atoms with Gasteiger partial charge in [0.2, 0.25) is 0 Å². The molecule has 0 radical (unpaired) electrons. The molecule has 0 aliphatic heterocycles. The van der Waals surface area contributed by atoms with Gasteiger partial charge in [0, 0.05) is 18.8 Å². The predicted octanol–water partition coefficient (Wildman–Crippen LogP) is 6.78. The highest BCUT2D eigenvalue weighted by atomic mass is 19.1. The molecule has 0 amide bonds. The zero-order valence-electron chi connectivity index (χ0n) is 19.8. The second kappa shape index (κ2) is 9.14. The minimum absolute atomic E-state index is 0.130. The highest BCUT2D eigenvalue weighted by molar-refractivity contribution is 5.81. The van der Waals surface area contributed by atoms with Gasteiger partial charge < -0.3 is 9.84 Å². The molecule has 180 valence electrons. The van der Waals surface area contributed by atoms with Crippen molar-refractivity contribution in [1.82, 2.24) is 0 Å². The molecule has 3 unspecified atom stereocenters. The van der Waals surface area contributed by atoms with E-state index in [-0.39, 0.29) is 17.7 Å². The number of benzene rings is 3. The summed E-state index contributed by atoms with van der Waals surface area (Å²) < 4.78 is 19.8. The van der Waals surface area contributed by atoms with Gasteiger partial charge in [-0.2, -0.15) is 0 Å². The Kier molecular flexibility index (Phi) is 5.83. The summed E-state index contributed by atoms with van der Waals surface area (Å²) in [5.41, 5.74) is 4.75. The van der Waals surface area contributed by atoms with Gasteiger partial charge in [-0.15, -0.1) is 0 Å². The molecule has 1 N–H and O–H groups in total. The molecule has 4 heteroatoms. The number of ether oxygens (including phenoxy) is 1. The summed E-state index contributed by atoms with van der Waals surface area (Å²) in [6.45, 7) is 0.713. The summed E-state index contributed by atoms with van der Waals surface area (Å²) in [6.07, 6.45) is 5.59. The van der Waals surface area contributed by atoms with Gasteiger partial charge in [-0.25, -0.2) is 4.39 Å². The molecular weight excluding hydrogens is 439 g/mol. The third-order valence-corrected chi connectivity index (χ3v) is 8.53. The lowest BCUT2D eigenvalue weighted by Crippen LogP contribution is -2.20. The van der Waals surface area contributed by atoms with E-state index < -0.39 is 0 Å². The molecule has 0 bridgehead atoms. The summed E-state index contributed by atoms with van der Waals surface area (Å²) in [5.74, 6) is 3.46. The van der Waals surface area contributed by atoms with Gasteiger partial charge >= 0.3 is 0 Å². The summed E-state index contributed by atoms with van der Waals surface area (Å²) in [5, 5.41) is 10.0. The highest BCUT2D eigenvalue weighted by Crippen LogP contribution is 2.48. The van der Waals surface area contributed by atoms with Crippen molar-refractivity contribution in [1.29, 1.82) is 0 Å². The van der Waals surface area contributed by atoms with Crippen LogP contribution >= 0.6 is 0 Å². The number of fused-ring (bicyclic) bond motifs is 2. The van der Waals surface area contributed by atoms with E-state index in [0.29, 0.717) is 35.9 Å². The minimum Gasteiger partial charge on any atom is -0.508 e. The molecule has 2 saturated carbocycles. The predicted molar refractivity (Wildman–Crippen MR) is 133 cm³/mol. The number of Topliss-reactive ketones (excluding diaryl/α,β-unsaturated/α-hetero) is 1. The monoisotopic (exact) mass is 470 g/mol. The largest absolute Gasteiger partial charge is 0.508 e. The molecule has 0 saturated heterocycles. The van der Waals surface area contributed by atoms with E-state index in [1.807, 2.05) is 24.3 Å². The van der Waals surface area contributed by atoms with Crippen LogP contribution in [0, 0.1) is 23.6 Å². The van der Waals surface area contributed by atoms with E-state index in [1.54, 1.807) is 18.2 Å². The quantitative estimate of drug-likeness (QED) is 0.447. The SMILES string of the molecule is O=C1CC2CC(COc3ccc([C@@H]4c5ccc(O)cc5CCC4c4ccc(F)cc4)cc3)CC2C1. The maximum Gasteiger partial charge on any atom is 0.133 e. The third kappa shape index (κ3) is 4.47. The molecule has 0 aromatic heterocycles. The van der Waals surface area contributed by atoms with Crippen LogP contribution in [-0.4, -0.2) is 17.5 Å². The minimum atomic E-state index is -0.217. The maximum atomic E-state index is 13.6. The highest BCUT2D eigenvalue weighted by Gasteiger charge is 2.41. The van der Waals surface area contributed by atoms with Crippen LogP contribution in [-0.2, 0) is 11.2 Å². The summed E-state index contributed by atoms with van der Waals surface area (Å²) in [4.78, 5) is 11.7. The summed E-state index contributed by atoms with van der Waals surface area (Å²) in [6, 6.07) is 21.0. The van der Waals surface area contributed by atoms with Crippen molar-refractivity contribution >= 4 is 5.78 Å². The number of rotatable bonds is 5. The lowest BCUT2D eigenvalue weighted by atomic mass is 9.69. The van der Waals surface area contributed by atoms with Gasteiger partial charge in [-0.3, -0.25) is 4.79 Å². The number of hydrogen-bond donors (Lipinski definition) is 1. The molecule has 3 nitrogen and oxygen atoms in total. The summed E-state index contributed by atoms with van der Waals surface area (Å²) >= 11 is 0. The molecule has 2 fully saturated rings. The van der Waals surface area contributed by atoms with Crippen molar-refractivity contribution in [2.24, 2.45) is 17.8 Å². The van der Waals surface area contributed by atoms with Crippen LogP contribution in [0.3, 0.4) is 0 Å².